The first-order valence-electron chi connectivity index (χ1n) is 14.2. The van der Waals surface area contributed by atoms with Crippen molar-refractivity contribution in [3.8, 4) is 23.3 Å². The Bertz CT molecular complexity index is 1660. The molecule has 13 heteroatoms. The van der Waals surface area contributed by atoms with Gasteiger partial charge in [-0.2, -0.15) is 0 Å². The van der Waals surface area contributed by atoms with Crippen LogP contribution in [-0.4, -0.2) is 109 Å². The Labute approximate surface area is 255 Å². The number of benzene rings is 1. The average Bonchev–Trinajstić information content (AvgIpc) is 3.59. The number of hydrogen-bond acceptors (Lipinski definition) is 9. The number of fused-ring (bicyclic) bond motifs is 1. The number of amidine groups is 1. The van der Waals surface area contributed by atoms with Gasteiger partial charge >= 0.3 is 6.03 Å². The van der Waals surface area contributed by atoms with Gasteiger partial charge in [0.05, 0.1) is 33.5 Å². The number of rotatable bonds is 6. The van der Waals surface area contributed by atoms with Crippen molar-refractivity contribution in [2.45, 2.75) is 12.1 Å². The number of anilines is 1. The molecule has 44 heavy (non-hydrogen) atoms. The second kappa shape index (κ2) is 12.1. The summed E-state index contributed by atoms with van der Waals surface area (Å²) in [5, 5.41) is 5.71. The molecule has 5 heterocycles. The monoisotopic (exact) mass is 595 g/mol. The Balaban J connectivity index is 1.19. The maximum absolute atomic E-state index is 13.2. The summed E-state index contributed by atoms with van der Waals surface area (Å²) in [4.78, 5) is 49.4. The van der Waals surface area contributed by atoms with Crippen molar-refractivity contribution >= 4 is 23.6 Å². The molecule has 0 spiro atoms. The third kappa shape index (κ3) is 5.66. The first-order chi connectivity index (χ1) is 21.4. The minimum absolute atomic E-state index is 0.134. The Morgan fingerprint density at radius 2 is 1.91 bits per heavy atom. The van der Waals surface area contributed by atoms with Crippen LogP contribution in [0.2, 0.25) is 0 Å². The smallest absolute Gasteiger partial charge is 0.316 e. The SMILES string of the molecule is CN=C(c1cnc(C#CC2(CN3Cc4ccc(OC)cc4C3=O)CNC(=O)N2)c(OC)c1)N1CCN(c2cnccn2)CC1. The topological polar surface area (TPSA) is 137 Å². The van der Waals surface area contributed by atoms with E-state index in [1.165, 1.54) is 0 Å². The van der Waals surface area contributed by atoms with E-state index >= 15 is 0 Å². The number of nitrogens with one attached hydrogen (secondary N) is 2. The highest BCUT2D eigenvalue weighted by Gasteiger charge is 2.41. The second-order valence-corrected chi connectivity index (χ2v) is 10.7. The fraction of sp³-hybridized carbons (Fsp3) is 0.355. The van der Waals surface area contributed by atoms with Gasteiger partial charge in [0, 0.05) is 69.5 Å². The minimum Gasteiger partial charge on any atom is -0.497 e. The van der Waals surface area contributed by atoms with E-state index in [-0.39, 0.29) is 25.0 Å². The van der Waals surface area contributed by atoms with Gasteiger partial charge in [-0.3, -0.25) is 14.8 Å². The predicted octanol–water partition coefficient (Wildman–Crippen LogP) is 1.15. The van der Waals surface area contributed by atoms with Crippen LogP contribution in [0.15, 0.2) is 54.0 Å². The first kappa shape index (κ1) is 28.7. The van der Waals surface area contributed by atoms with Gasteiger partial charge in [-0.05, 0) is 29.7 Å². The quantitative estimate of drug-likeness (QED) is 0.244. The number of ether oxygens (including phenoxy) is 2. The summed E-state index contributed by atoms with van der Waals surface area (Å²) in [5.74, 6) is 8.94. The first-order valence-corrected chi connectivity index (χ1v) is 14.2. The Hall–Kier alpha value is -5.38. The van der Waals surface area contributed by atoms with E-state index in [4.69, 9.17) is 9.47 Å². The summed E-state index contributed by atoms with van der Waals surface area (Å²) in [5.41, 5.74) is 1.71. The van der Waals surface area contributed by atoms with E-state index in [1.54, 1.807) is 57.0 Å². The highest BCUT2D eigenvalue weighted by Crippen LogP contribution is 2.28. The van der Waals surface area contributed by atoms with Crippen LogP contribution in [0, 0.1) is 11.8 Å². The molecular formula is C31H33N9O4. The van der Waals surface area contributed by atoms with Crippen molar-refractivity contribution in [2.24, 2.45) is 4.99 Å². The van der Waals surface area contributed by atoms with Gasteiger partial charge in [0.1, 0.15) is 22.9 Å². The Kier molecular flexibility index (Phi) is 7.89. The molecule has 226 valence electrons. The molecule has 1 atom stereocenters. The van der Waals surface area contributed by atoms with Crippen LogP contribution in [-0.2, 0) is 6.54 Å². The van der Waals surface area contributed by atoms with Crippen molar-refractivity contribution in [3.05, 3.63) is 71.4 Å². The fourth-order valence-electron chi connectivity index (χ4n) is 5.72. The normalized spacial score (nSPS) is 19.6. The number of hydrogen-bond donors (Lipinski definition) is 2. The highest BCUT2D eigenvalue weighted by atomic mass is 16.5. The lowest BCUT2D eigenvalue weighted by Crippen LogP contribution is -2.51. The lowest BCUT2D eigenvalue weighted by atomic mass is 10.0. The molecule has 2 N–H and O–H groups in total. The molecular weight excluding hydrogens is 562 g/mol. The van der Waals surface area contributed by atoms with Gasteiger partial charge in [0.15, 0.2) is 11.4 Å². The molecule has 3 amide bonds. The number of aliphatic imine (C=N–C) groups is 1. The fourth-order valence-corrected chi connectivity index (χ4v) is 5.72. The molecule has 3 aliphatic rings. The van der Waals surface area contributed by atoms with Gasteiger partial charge in [-0.15, -0.1) is 0 Å². The number of methoxy groups -OCH3 is 2. The van der Waals surface area contributed by atoms with Crippen LogP contribution in [0.5, 0.6) is 11.5 Å². The van der Waals surface area contributed by atoms with E-state index in [0.717, 1.165) is 49.0 Å². The highest BCUT2D eigenvalue weighted by molar-refractivity contribution is 5.99. The summed E-state index contributed by atoms with van der Waals surface area (Å²) >= 11 is 0. The van der Waals surface area contributed by atoms with Crippen molar-refractivity contribution < 1.29 is 19.1 Å². The van der Waals surface area contributed by atoms with Crippen molar-refractivity contribution in [1.82, 2.24) is 35.4 Å². The zero-order chi connectivity index (χ0) is 30.7. The zero-order valence-corrected chi connectivity index (χ0v) is 24.8. The summed E-state index contributed by atoms with van der Waals surface area (Å²) in [6.45, 7) is 3.93. The van der Waals surface area contributed by atoms with Gasteiger partial charge in [0.2, 0.25) is 0 Å². The summed E-state index contributed by atoms with van der Waals surface area (Å²) in [6.07, 6.45) is 6.87. The number of carbonyl (C=O) groups excluding carboxylic acids is 2. The molecule has 0 bridgehead atoms. The van der Waals surface area contributed by atoms with Gasteiger partial charge < -0.3 is 34.8 Å². The molecule has 1 unspecified atom stereocenters. The minimum atomic E-state index is -1.01. The Morgan fingerprint density at radius 3 is 2.59 bits per heavy atom. The molecule has 3 aromatic rings. The van der Waals surface area contributed by atoms with Crippen LogP contribution in [0.4, 0.5) is 10.6 Å². The van der Waals surface area contributed by atoms with Crippen LogP contribution < -0.4 is 25.0 Å². The van der Waals surface area contributed by atoms with E-state index in [9.17, 15) is 9.59 Å². The molecule has 2 saturated heterocycles. The van der Waals surface area contributed by atoms with Crippen LogP contribution >= 0.6 is 0 Å². The molecule has 6 rings (SSSR count). The summed E-state index contributed by atoms with van der Waals surface area (Å²) in [6, 6.07) is 6.99. The zero-order valence-electron chi connectivity index (χ0n) is 24.8. The molecule has 0 radical (unpaired) electrons. The van der Waals surface area contributed by atoms with E-state index in [1.807, 2.05) is 18.2 Å². The standard InChI is InChI=1S/C31H33N9O4/c1-32-28(39-12-10-38(11-13-39)27-17-33-8-9-34-27)22-14-26(44-3)25(35-16-22)6-7-31(19-36-30(42)37-31)20-40-18-21-4-5-23(43-2)15-24(21)29(40)41/h4-5,8-9,14-17H,10-13,18-20H2,1-3H3,(H2,36,37,42). The second-order valence-electron chi connectivity index (χ2n) is 10.7. The number of piperazine rings is 1. The van der Waals surface area contributed by atoms with Gasteiger partial charge in [-0.1, -0.05) is 12.0 Å². The number of amides is 3. The molecule has 13 nitrogen and oxygen atoms in total. The summed E-state index contributed by atoms with van der Waals surface area (Å²) in [7, 11) is 4.90. The largest absolute Gasteiger partial charge is 0.497 e. The third-order valence-corrected chi connectivity index (χ3v) is 7.98. The Morgan fingerprint density at radius 1 is 1.07 bits per heavy atom. The van der Waals surface area contributed by atoms with Crippen molar-refractivity contribution in [2.75, 3.05) is 65.4 Å². The molecule has 0 aliphatic carbocycles. The van der Waals surface area contributed by atoms with Crippen LogP contribution in [0.3, 0.4) is 0 Å². The summed E-state index contributed by atoms with van der Waals surface area (Å²) < 4.78 is 11.0. The number of aromatic nitrogens is 3. The van der Waals surface area contributed by atoms with Gasteiger partial charge in [0.25, 0.3) is 5.91 Å². The van der Waals surface area contributed by atoms with E-state index in [0.29, 0.717) is 29.3 Å². The molecule has 0 saturated carbocycles. The molecule has 2 fully saturated rings. The van der Waals surface area contributed by atoms with Crippen LogP contribution in [0.25, 0.3) is 0 Å². The molecule has 3 aliphatic heterocycles. The number of nitrogens with zero attached hydrogens (tertiary/aromatic N) is 7. The molecule has 1 aromatic carbocycles. The number of pyridine rings is 1. The number of urea groups is 1. The van der Waals surface area contributed by atoms with E-state index in [2.05, 4.69) is 52.2 Å². The average molecular weight is 596 g/mol. The molecule has 2 aromatic heterocycles. The maximum Gasteiger partial charge on any atom is 0.316 e. The third-order valence-electron chi connectivity index (χ3n) is 7.98. The predicted molar refractivity (Wildman–Crippen MR) is 163 cm³/mol. The van der Waals surface area contributed by atoms with Gasteiger partial charge in [-0.25, -0.2) is 14.8 Å². The van der Waals surface area contributed by atoms with Crippen molar-refractivity contribution in [3.63, 3.8) is 0 Å². The van der Waals surface area contributed by atoms with E-state index < -0.39 is 5.54 Å². The lowest BCUT2D eigenvalue weighted by molar-refractivity contribution is 0.0752. The maximum atomic E-state index is 13.2. The van der Waals surface area contributed by atoms with Crippen LogP contribution in [0.1, 0.15) is 27.2 Å². The van der Waals surface area contributed by atoms with Crippen molar-refractivity contribution in [1.29, 1.82) is 0 Å². The number of carbonyl (C=O) groups is 2. The lowest BCUT2D eigenvalue weighted by Gasteiger charge is -2.37.